The Morgan fingerprint density at radius 1 is 1.24 bits per heavy atom. The summed E-state index contributed by atoms with van der Waals surface area (Å²) in [5, 5.41) is 13.9. The van der Waals surface area contributed by atoms with Crippen LogP contribution in [0.2, 0.25) is 0 Å². The fraction of sp³-hybridized carbons (Fsp3) is 0.333. The molecule has 1 aliphatic rings. The zero-order valence-corrected chi connectivity index (χ0v) is 16.2. The van der Waals surface area contributed by atoms with Crippen LogP contribution in [0.25, 0.3) is 0 Å². The number of rotatable bonds is 6. The number of aryl methyl sites for hydroxylation is 1. The summed E-state index contributed by atoms with van der Waals surface area (Å²) in [5.41, 5.74) is 1.90. The molecule has 0 spiro atoms. The van der Waals surface area contributed by atoms with Gasteiger partial charge in [-0.1, -0.05) is 24.3 Å². The van der Waals surface area contributed by atoms with Crippen molar-refractivity contribution in [2.24, 2.45) is 0 Å². The van der Waals surface area contributed by atoms with Gasteiger partial charge in [0.05, 0.1) is 18.1 Å². The Hall–Kier alpha value is -3.42. The number of esters is 1. The van der Waals surface area contributed by atoms with Crippen LogP contribution in [0, 0.1) is 10.1 Å². The largest absolute Gasteiger partial charge is 0.496 e. The van der Waals surface area contributed by atoms with Crippen LogP contribution in [-0.4, -0.2) is 30.0 Å². The summed E-state index contributed by atoms with van der Waals surface area (Å²) < 4.78 is 10.3. The van der Waals surface area contributed by atoms with E-state index in [9.17, 15) is 19.7 Å². The van der Waals surface area contributed by atoms with Crippen LogP contribution in [0.1, 0.15) is 47.3 Å². The highest BCUT2D eigenvalue weighted by Crippen LogP contribution is 2.30. The average Bonchev–Trinajstić information content (AvgIpc) is 2.73. The molecule has 2 aromatic rings. The number of nitrogens with zero attached hydrogens (tertiary/aromatic N) is 1. The van der Waals surface area contributed by atoms with E-state index in [1.807, 2.05) is 24.3 Å². The van der Waals surface area contributed by atoms with Gasteiger partial charge >= 0.3 is 5.97 Å². The predicted octanol–water partition coefficient (Wildman–Crippen LogP) is 3.34. The molecule has 1 N–H and O–H groups in total. The number of nitro groups is 1. The van der Waals surface area contributed by atoms with Crippen LogP contribution >= 0.6 is 0 Å². The Balaban J connectivity index is 1.70. The number of carbonyl (C=O) groups excluding carboxylic acids is 2. The molecule has 3 rings (SSSR count). The molecule has 152 valence electrons. The van der Waals surface area contributed by atoms with E-state index in [-0.39, 0.29) is 23.0 Å². The molecular weight excluding hydrogens is 376 g/mol. The van der Waals surface area contributed by atoms with Gasteiger partial charge in [0.1, 0.15) is 11.3 Å². The molecule has 0 saturated carbocycles. The fourth-order valence-corrected chi connectivity index (χ4v) is 3.44. The Labute approximate surface area is 168 Å². The molecule has 29 heavy (non-hydrogen) atoms. The number of hydrogen-bond acceptors (Lipinski definition) is 6. The average molecular weight is 398 g/mol. The van der Waals surface area contributed by atoms with Gasteiger partial charge in [-0.05, 0) is 43.4 Å². The van der Waals surface area contributed by atoms with Crippen molar-refractivity contribution in [1.29, 1.82) is 0 Å². The second kappa shape index (κ2) is 8.72. The van der Waals surface area contributed by atoms with E-state index in [2.05, 4.69) is 5.32 Å². The molecular formula is C21H22N2O6. The predicted molar refractivity (Wildman–Crippen MR) is 105 cm³/mol. The number of benzene rings is 2. The van der Waals surface area contributed by atoms with Crippen LogP contribution in [0.15, 0.2) is 42.5 Å². The monoisotopic (exact) mass is 398 g/mol. The second-order valence-electron chi connectivity index (χ2n) is 6.84. The fourth-order valence-electron chi connectivity index (χ4n) is 3.44. The summed E-state index contributed by atoms with van der Waals surface area (Å²) in [6.07, 6.45) is 1.67. The lowest BCUT2D eigenvalue weighted by atomic mass is 9.87. The number of ether oxygens (including phenoxy) is 2. The molecule has 0 saturated heterocycles. The number of nitrogens with one attached hydrogen (secondary N) is 1. The van der Waals surface area contributed by atoms with Crippen molar-refractivity contribution in [3.05, 3.63) is 69.3 Å². The lowest BCUT2D eigenvalue weighted by Gasteiger charge is -2.27. The molecule has 1 amide bonds. The molecule has 0 bridgehead atoms. The summed E-state index contributed by atoms with van der Waals surface area (Å²) >= 11 is 0. The van der Waals surface area contributed by atoms with Crippen molar-refractivity contribution < 1.29 is 24.0 Å². The van der Waals surface area contributed by atoms with Crippen molar-refractivity contribution >= 4 is 17.6 Å². The van der Waals surface area contributed by atoms with Crippen molar-refractivity contribution in [3.8, 4) is 5.75 Å². The third-order valence-electron chi connectivity index (χ3n) is 4.95. The molecule has 1 aliphatic carbocycles. The van der Waals surface area contributed by atoms with Gasteiger partial charge < -0.3 is 14.8 Å². The maximum Gasteiger partial charge on any atom is 0.342 e. The maximum absolute atomic E-state index is 12.6. The number of fused-ring (bicyclic) bond motifs is 1. The van der Waals surface area contributed by atoms with Gasteiger partial charge in [0.15, 0.2) is 6.10 Å². The van der Waals surface area contributed by atoms with E-state index in [1.165, 1.54) is 31.7 Å². The summed E-state index contributed by atoms with van der Waals surface area (Å²) in [5.74, 6) is -1.16. The Bertz CT molecular complexity index is 943. The lowest BCUT2D eigenvalue weighted by Crippen LogP contribution is -2.39. The molecule has 8 heteroatoms. The number of amides is 1. The van der Waals surface area contributed by atoms with Gasteiger partial charge in [-0.3, -0.25) is 14.9 Å². The van der Waals surface area contributed by atoms with E-state index < -0.39 is 22.9 Å². The minimum Gasteiger partial charge on any atom is -0.496 e. The molecule has 0 radical (unpaired) electrons. The van der Waals surface area contributed by atoms with E-state index >= 15 is 0 Å². The zero-order chi connectivity index (χ0) is 21.0. The first kappa shape index (κ1) is 20.3. The Morgan fingerprint density at radius 3 is 2.72 bits per heavy atom. The third-order valence-corrected chi connectivity index (χ3v) is 4.95. The van der Waals surface area contributed by atoms with Crippen LogP contribution in [0.4, 0.5) is 5.69 Å². The van der Waals surface area contributed by atoms with Crippen molar-refractivity contribution in [3.63, 3.8) is 0 Å². The van der Waals surface area contributed by atoms with Crippen molar-refractivity contribution in [2.45, 2.75) is 38.3 Å². The zero-order valence-electron chi connectivity index (χ0n) is 16.2. The van der Waals surface area contributed by atoms with Gasteiger partial charge in [0.2, 0.25) is 0 Å². The standard InChI is InChI=1S/C21H22N2O6/c1-13(20(24)22-18-9-5-7-14-6-3-4-8-16(14)18)29-21(25)17-12-15(23(26)27)10-11-19(17)28-2/h3-4,6,8,10-13,18H,5,7,9H2,1-2H3,(H,22,24)/t13-,18+/m1/s1. The number of methoxy groups -OCH3 is 1. The van der Waals surface area contributed by atoms with Gasteiger partial charge in [-0.15, -0.1) is 0 Å². The molecule has 0 aliphatic heterocycles. The van der Waals surface area contributed by atoms with Crippen molar-refractivity contribution in [1.82, 2.24) is 5.32 Å². The molecule has 0 heterocycles. The highest BCUT2D eigenvalue weighted by atomic mass is 16.6. The summed E-state index contributed by atoms with van der Waals surface area (Å²) in [7, 11) is 1.34. The Kier molecular flexibility index (Phi) is 6.11. The first-order valence-corrected chi connectivity index (χ1v) is 9.32. The van der Waals surface area contributed by atoms with Gasteiger partial charge in [-0.25, -0.2) is 4.79 Å². The smallest absolute Gasteiger partial charge is 0.342 e. The SMILES string of the molecule is COc1ccc([N+](=O)[O-])cc1C(=O)O[C@H](C)C(=O)N[C@H]1CCCc2ccccc21. The molecule has 2 atom stereocenters. The minimum atomic E-state index is -1.07. The summed E-state index contributed by atoms with van der Waals surface area (Å²) in [6, 6.07) is 11.4. The Morgan fingerprint density at radius 2 is 2.00 bits per heavy atom. The third kappa shape index (κ3) is 4.53. The van der Waals surface area contributed by atoms with E-state index in [1.54, 1.807) is 0 Å². The van der Waals surface area contributed by atoms with Gasteiger partial charge in [-0.2, -0.15) is 0 Å². The highest BCUT2D eigenvalue weighted by Gasteiger charge is 2.27. The molecule has 0 aromatic heterocycles. The van der Waals surface area contributed by atoms with Gasteiger partial charge in [0.25, 0.3) is 11.6 Å². The van der Waals surface area contributed by atoms with Gasteiger partial charge in [0, 0.05) is 12.1 Å². The summed E-state index contributed by atoms with van der Waals surface area (Å²) in [6.45, 7) is 1.46. The lowest BCUT2D eigenvalue weighted by molar-refractivity contribution is -0.384. The molecule has 0 unspecified atom stereocenters. The number of nitro benzene ring substituents is 1. The normalized spacial score (nSPS) is 16.3. The quantitative estimate of drug-likeness (QED) is 0.454. The first-order chi connectivity index (χ1) is 13.9. The second-order valence-corrected chi connectivity index (χ2v) is 6.84. The van der Waals surface area contributed by atoms with Crippen LogP contribution < -0.4 is 10.1 Å². The minimum absolute atomic E-state index is 0.107. The number of carbonyl (C=O) groups is 2. The maximum atomic E-state index is 12.6. The van der Waals surface area contributed by atoms with E-state index in [0.29, 0.717) is 0 Å². The highest BCUT2D eigenvalue weighted by molar-refractivity contribution is 5.95. The number of non-ortho nitro benzene ring substituents is 1. The van der Waals surface area contributed by atoms with Crippen LogP contribution in [0.5, 0.6) is 5.75 Å². The van der Waals surface area contributed by atoms with Crippen LogP contribution in [-0.2, 0) is 16.0 Å². The topological polar surface area (TPSA) is 108 Å². The van der Waals surface area contributed by atoms with E-state index in [4.69, 9.17) is 9.47 Å². The molecule has 8 nitrogen and oxygen atoms in total. The molecule has 0 fully saturated rings. The first-order valence-electron chi connectivity index (χ1n) is 9.32. The number of hydrogen-bond donors (Lipinski definition) is 1. The van der Waals surface area contributed by atoms with Crippen LogP contribution in [0.3, 0.4) is 0 Å². The van der Waals surface area contributed by atoms with E-state index in [0.717, 1.165) is 30.9 Å². The van der Waals surface area contributed by atoms with Crippen molar-refractivity contribution in [2.75, 3.05) is 7.11 Å². The molecule has 2 aromatic carbocycles. The summed E-state index contributed by atoms with van der Waals surface area (Å²) in [4.78, 5) is 35.4.